The van der Waals surface area contributed by atoms with Gasteiger partial charge in [0, 0.05) is 29.4 Å². The van der Waals surface area contributed by atoms with Crippen molar-refractivity contribution in [1.82, 2.24) is 5.43 Å². The van der Waals surface area contributed by atoms with Gasteiger partial charge in [-0.3, -0.25) is 4.79 Å². The summed E-state index contributed by atoms with van der Waals surface area (Å²) in [5, 5.41) is 4.58. The lowest BCUT2D eigenvalue weighted by Gasteiger charge is -2.18. The van der Waals surface area contributed by atoms with Gasteiger partial charge in [0.2, 0.25) is 0 Å². The van der Waals surface area contributed by atoms with E-state index in [1.807, 2.05) is 6.07 Å². The molecule has 0 saturated carbocycles. The van der Waals surface area contributed by atoms with Crippen molar-refractivity contribution in [3.05, 3.63) is 64.2 Å². The van der Waals surface area contributed by atoms with Crippen LogP contribution in [0.25, 0.3) is 0 Å². The molecular weight excluding hydrogens is 322 g/mol. The second-order valence-electron chi connectivity index (χ2n) is 5.94. The molecule has 1 heterocycles. The quantitative estimate of drug-likeness (QED) is 0.674. The number of nitrogens with one attached hydrogen (secondary N) is 1. The first kappa shape index (κ1) is 16.5. The minimum atomic E-state index is -0.278. The van der Waals surface area contributed by atoms with Crippen LogP contribution in [0.1, 0.15) is 34.3 Å². The van der Waals surface area contributed by atoms with Gasteiger partial charge in [-0.15, -0.1) is 0 Å². The third kappa shape index (κ3) is 3.95. The van der Waals surface area contributed by atoms with E-state index in [9.17, 15) is 4.79 Å². The number of hydrazone groups is 1. The van der Waals surface area contributed by atoms with E-state index in [2.05, 4.69) is 34.5 Å². The van der Waals surface area contributed by atoms with Crippen molar-refractivity contribution in [2.75, 3.05) is 18.0 Å². The Morgan fingerprint density at radius 1 is 1.21 bits per heavy atom. The lowest BCUT2D eigenvalue weighted by molar-refractivity contribution is 0.0955. The van der Waals surface area contributed by atoms with Crippen molar-refractivity contribution in [1.29, 1.82) is 0 Å². The Labute approximate surface area is 147 Å². The van der Waals surface area contributed by atoms with Gasteiger partial charge in [-0.25, -0.2) is 5.43 Å². The van der Waals surface area contributed by atoms with Crippen LogP contribution in [0, 0.1) is 6.92 Å². The minimum absolute atomic E-state index is 0.278. The van der Waals surface area contributed by atoms with Crippen molar-refractivity contribution < 1.29 is 4.79 Å². The molecule has 2 aromatic carbocycles. The van der Waals surface area contributed by atoms with Crippen molar-refractivity contribution in [3.8, 4) is 0 Å². The molecule has 0 radical (unpaired) electrons. The van der Waals surface area contributed by atoms with Crippen molar-refractivity contribution in [2.45, 2.75) is 19.8 Å². The summed E-state index contributed by atoms with van der Waals surface area (Å²) in [4.78, 5) is 14.4. The zero-order chi connectivity index (χ0) is 16.9. The summed E-state index contributed by atoms with van der Waals surface area (Å²) in [7, 11) is 0. The number of amides is 1. The number of hydrogen-bond donors (Lipinski definition) is 1. The highest BCUT2D eigenvalue weighted by molar-refractivity contribution is 6.30. The molecule has 1 N–H and O–H groups in total. The van der Waals surface area contributed by atoms with Gasteiger partial charge in [0.1, 0.15) is 0 Å². The summed E-state index contributed by atoms with van der Waals surface area (Å²) in [5.74, 6) is -0.278. The molecule has 124 valence electrons. The Bertz CT molecular complexity index is 767. The van der Waals surface area contributed by atoms with Gasteiger partial charge in [0.15, 0.2) is 0 Å². The van der Waals surface area contributed by atoms with Crippen molar-refractivity contribution >= 4 is 29.4 Å². The Hall–Kier alpha value is -2.33. The second-order valence-corrected chi connectivity index (χ2v) is 6.38. The maximum absolute atomic E-state index is 12.0. The fourth-order valence-corrected chi connectivity index (χ4v) is 3.02. The molecule has 5 heteroatoms. The molecule has 1 fully saturated rings. The molecule has 3 rings (SSSR count). The molecule has 24 heavy (non-hydrogen) atoms. The van der Waals surface area contributed by atoms with Crippen LogP contribution in [0.2, 0.25) is 5.02 Å². The van der Waals surface area contributed by atoms with Crippen molar-refractivity contribution in [2.24, 2.45) is 5.10 Å². The van der Waals surface area contributed by atoms with Gasteiger partial charge in [-0.2, -0.15) is 5.10 Å². The highest BCUT2D eigenvalue weighted by atomic mass is 35.5. The topological polar surface area (TPSA) is 44.7 Å². The van der Waals surface area contributed by atoms with E-state index in [-0.39, 0.29) is 5.91 Å². The van der Waals surface area contributed by atoms with Gasteiger partial charge in [-0.1, -0.05) is 23.7 Å². The highest BCUT2D eigenvalue weighted by Gasteiger charge is 2.12. The molecule has 1 aliphatic heterocycles. The highest BCUT2D eigenvalue weighted by Crippen LogP contribution is 2.22. The SMILES string of the molecule is Cc1cc(N2CCCC2)ccc1C=NNC(=O)c1cccc(Cl)c1. The summed E-state index contributed by atoms with van der Waals surface area (Å²) in [6, 6.07) is 13.1. The number of carbonyl (C=O) groups excluding carboxylic acids is 1. The van der Waals surface area contributed by atoms with E-state index in [4.69, 9.17) is 11.6 Å². The van der Waals surface area contributed by atoms with Gasteiger partial charge in [-0.05, 0) is 61.2 Å². The summed E-state index contributed by atoms with van der Waals surface area (Å²) >= 11 is 5.89. The average Bonchev–Trinajstić information content (AvgIpc) is 3.10. The predicted molar refractivity (Wildman–Crippen MR) is 99.1 cm³/mol. The molecule has 0 atom stereocenters. The van der Waals surface area contributed by atoms with Gasteiger partial charge in [0.25, 0.3) is 5.91 Å². The standard InChI is InChI=1S/C19H20ClN3O/c1-14-11-18(23-9-2-3-10-23)8-7-16(14)13-21-22-19(24)15-5-4-6-17(20)12-15/h4-8,11-13H,2-3,9-10H2,1H3,(H,22,24). The van der Waals surface area contributed by atoms with Crippen LogP contribution < -0.4 is 10.3 Å². The summed E-state index contributed by atoms with van der Waals surface area (Å²) < 4.78 is 0. The van der Waals surface area contributed by atoms with Crippen LogP contribution in [0.3, 0.4) is 0 Å². The molecule has 0 aromatic heterocycles. The molecule has 0 unspecified atom stereocenters. The molecule has 1 saturated heterocycles. The van der Waals surface area contributed by atoms with Crippen LogP contribution in [0.4, 0.5) is 5.69 Å². The molecule has 1 aliphatic rings. The predicted octanol–water partition coefficient (Wildman–Crippen LogP) is 4.01. The zero-order valence-corrected chi connectivity index (χ0v) is 14.4. The molecule has 0 spiro atoms. The first-order valence-corrected chi connectivity index (χ1v) is 8.46. The Balaban J connectivity index is 1.65. The zero-order valence-electron chi connectivity index (χ0n) is 13.6. The van der Waals surface area contributed by atoms with E-state index >= 15 is 0 Å². The lowest BCUT2D eigenvalue weighted by Crippen LogP contribution is -2.18. The number of hydrogen-bond acceptors (Lipinski definition) is 3. The molecule has 2 aromatic rings. The van der Waals surface area contributed by atoms with Crippen LogP contribution in [0.15, 0.2) is 47.6 Å². The van der Waals surface area contributed by atoms with Crippen LogP contribution in [-0.2, 0) is 0 Å². The van der Waals surface area contributed by atoms with Crippen LogP contribution in [-0.4, -0.2) is 25.2 Å². The van der Waals surface area contributed by atoms with Crippen molar-refractivity contribution in [3.63, 3.8) is 0 Å². The van der Waals surface area contributed by atoms with E-state index in [1.165, 1.54) is 18.5 Å². The van der Waals surface area contributed by atoms with Crippen LogP contribution >= 0.6 is 11.6 Å². The Kier molecular flexibility index (Phi) is 5.16. The summed E-state index contributed by atoms with van der Waals surface area (Å²) in [5.41, 5.74) is 6.40. The maximum atomic E-state index is 12.0. The smallest absolute Gasteiger partial charge is 0.271 e. The monoisotopic (exact) mass is 341 g/mol. The summed E-state index contributed by atoms with van der Waals surface area (Å²) in [6.07, 6.45) is 4.20. The number of halogens is 1. The number of anilines is 1. The van der Waals surface area contributed by atoms with Gasteiger partial charge in [0.05, 0.1) is 6.21 Å². The Morgan fingerprint density at radius 2 is 2.00 bits per heavy atom. The summed E-state index contributed by atoms with van der Waals surface area (Å²) in [6.45, 7) is 4.31. The fourth-order valence-electron chi connectivity index (χ4n) is 2.83. The largest absolute Gasteiger partial charge is 0.372 e. The van der Waals surface area contributed by atoms with E-state index in [0.29, 0.717) is 10.6 Å². The first-order chi connectivity index (χ1) is 11.6. The minimum Gasteiger partial charge on any atom is -0.372 e. The average molecular weight is 342 g/mol. The van der Waals surface area contributed by atoms with E-state index < -0.39 is 0 Å². The lowest BCUT2D eigenvalue weighted by atomic mass is 10.1. The number of rotatable bonds is 4. The molecule has 0 aliphatic carbocycles. The second kappa shape index (κ2) is 7.49. The number of benzene rings is 2. The van der Waals surface area contributed by atoms with Crippen LogP contribution in [0.5, 0.6) is 0 Å². The normalized spacial score (nSPS) is 14.3. The van der Waals surface area contributed by atoms with Gasteiger partial charge >= 0.3 is 0 Å². The molecular formula is C19H20ClN3O. The van der Waals surface area contributed by atoms with Gasteiger partial charge < -0.3 is 4.90 Å². The fraction of sp³-hybridized carbons (Fsp3) is 0.263. The number of nitrogens with zero attached hydrogens (tertiary/aromatic N) is 2. The number of aryl methyl sites for hydroxylation is 1. The Morgan fingerprint density at radius 3 is 2.71 bits per heavy atom. The third-order valence-electron chi connectivity index (χ3n) is 4.18. The first-order valence-electron chi connectivity index (χ1n) is 8.08. The molecule has 1 amide bonds. The van der Waals surface area contributed by atoms with E-state index in [1.54, 1.807) is 30.5 Å². The van der Waals surface area contributed by atoms with E-state index in [0.717, 1.165) is 24.2 Å². The maximum Gasteiger partial charge on any atom is 0.271 e. The molecule has 0 bridgehead atoms. The third-order valence-corrected chi connectivity index (χ3v) is 4.42. The molecule has 4 nitrogen and oxygen atoms in total. The number of carbonyl (C=O) groups is 1.